The van der Waals surface area contributed by atoms with Crippen molar-refractivity contribution in [3.05, 3.63) is 54.1 Å². The molecule has 0 amide bonds. The third-order valence-corrected chi connectivity index (χ3v) is 2.96. The monoisotopic (exact) mass is 312 g/mol. The second-order valence-electron chi connectivity index (χ2n) is 4.68. The highest BCUT2D eigenvalue weighted by molar-refractivity contribution is 6.10. The number of imidazole rings is 1. The van der Waals surface area contributed by atoms with Gasteiger partial charge in [-0.1, -0.05) is 12.1 Å². The van der Waals surface area contributed by atoms with Gasteiger partial charge in [0.05, 0.1) is 13.5 Å². The number of ether oxygens (including phenoxy) is 1. The van der Waals surface area contributed by atoms with Crippen LogP contribution in [0, 0.1) is 0 Å². The van der Waals surface area contributed by atoms with Crippen molar-refractivity contribution in [2.45, 2.75) is 6.42 Å². The fourth-order valence-electron chi connectivity index (χ4n) is 1.83. The van der Waals surface area contributed by atoms with Gasteiger partial charge in [0.25, 0.3) is 0 Å². The molecule has 6 nitrogen and oxygen atoms in total. The Hall–Kier alpha value is -3.15. The number of ketones is 2. The summed E-state index contributed by atoms with van der Waals surface area (Å²) in [6, 6.07) is 4.76. The molecule has 0 fully saturated rings. The number of methoxy groups -OCH3 is 1. The summed E-state index contributed by atoms with van der Waals surface area (Å²) in [7, 11) is 1.45. The van der Waals surface area contributed by atoms with E-state index in [1.165, 1.54) is 37.5 Å². The molecule has 0 atom stereocenters. The average Bonchev–Trinajstić information content (AvgIpc) is 3.04. The van der Waals surface area contributed by atoms with E-state index in [1.54, 1.807) is 24.5 Å². The SMILES string of the molecule is COc1ccc(C=CC(=O)CC(=O)C=Cc2ncc[nH]2)cc1O. The molecular formula is C17H16N2O4. The Labute approximate surface area is 133 Å². The Morgan fingerprint density at radius 2 is 2.00 bits per heavy atom. The lowest BCUT2D eigenvalue weighted by molar-refractivity contribution is -0.121. The molecule has 0 bridgehead atoms. The highest BCUT2D eigenvalue weighted by atomic mass is 16.5. The maximum Gasteiger partial charge on any atom is 0.163 e. The minimum Gasteiger partial charge on any atom is -0.504 e. The van der Waals surface area contributed by atoms with Crippen LogP contribution in [0.3, 0.4) is 0 Å². The van der Waals surface area contributed by atoms with E-state index in [0.29, 0.717) is 17.1 Å². The molecule has 1 aromatic carbocycles. The van der Waals surface area contributed by atoms with Gasteiger partial charge in [-0.05, 0) is 35.9 Å². The molecule has 2 aromatic rings. The van der Waals surface area contributed by atoms with E-state index >= 15 is 0 Å². The van der Waals surface area contributed by atoms with Crippen molar-refractivity contribution >= 4 is 23.7 Å². The van der Waals surface area contributed by atoms with Gasteiger partial charge in [-0.25, -0.2) is 4.98 Å². The number of aromatic nitrogens is 2. The number of aromatic amines is 1. The van der Waals surface area contributed by atoms with Crippen LogP contribution >= 0.6 is 0 Å². The number of hydrogen-bond acceptors (Lipinski definition) is 5. The van der Waals surface area contributed by atoms with Gasteiger partial charge in [-0.3, -0.25) is 9.59 Å². The molecule has 0 aliphatic heterocycles. The van der Waals surface area contributed by atoms with E-state index in [1.807, 2.05) is 0 Å². The van der Waals surface area contributed by atoms with Gasteiger partial charge < -0.3 is 14.8 Å². The smallest absolute Gasteiger partial charge is 0.163 e. The number of hydrogen-bond donors (Lipinski definition) is 2. The van der Waals surface area contributed by atoms with Crippen LogP contribution in [0.25, 0.3) is 12.2 Å². The average molecular weight is 312 g/mol. The van der Waals surface area contributed by atoms with Crippen LogP contribution in [0.5, 0.6) is 11.5 Å². The molecule has 6 heteroatoms. The molecule has 2 rings (SSSR count). The highest BCUT2D eigenvalue weighted by Gasteiger charge is 2.05. The van der Waals surface area contributed by atoms with Crippen molar-refractivity contribution in [2.24, 2.45) is 0 Å². The second-order valence-corrected chi connectivity index (χ2v) is 4.68. The van der Waals surface area contributed by atoms with Crippen LogP contribution in [-0.4, -0.2) is 33.8 Å². The number of H-pyrrole nitrogens is 1. The number of benzene rings is 1. The first kappa shape index (κ1) is 16.2. The summed E-state index contributed by atoms with van der Waals surface area (Å²) in [5.74, 6) is 0.254. The summed E-state index contributed by atoms with van der Waals surface area (Å²) in [5.41, 5.74) is 0.634. The quantitative estimate of drug-likeness (QED) is 0.605. The molecule has 0 saturated heterocycles. The number of carbonyl (C=O) groups excluding carboxylic acids is 2. The van der Waals surface area contributed by atoms with Gasteiger partial charge in [-0.2, -0.15) is 0 Å². The maximum atomic E-state index is 11.7. The third kappa shape index (κ3) is 4.96. The van der Waals surface area contributed by atoms with Crippen molar-refractivity contribution in [2.75, 3.05) is 7.11 Å². The first-order valence-corrected chi connectivity index (χ1v) is 6.86. The molecule has 0 aliphatic carbocycles. The second kappa shape index (κ2) is 7.74. The minimum absolute atomic E-state index is 0.0143. The normalized spacial score (nSPS) is 11.2. The Morgan fingerprint density at radius 3 is 2.61 bits per heavy atom. The summed E-state index contributed by atoms with van der Waals surface area (Å²) in [6.45, 7) is 0. The number of aromatic hydroxyl groups is 1. The lowest BCUT2D eigenvalue weighted by Gasteiger charge is -2.03. The molecular weight excluding hydrogens is 296 g/mol. The summed E-state index contributed by atoms with van der Waals surface area (Å²) in [5, 5.41) is 9.65. The van der Waals surface area contributed by atoms with Crippen LogP contribution in [0.4, 0.5) is 0 Å². The van der Waals surface area contributed by atoms with Gasteiger partial charge in [0.2, 0.25) is 0 Å². The van der Waals surface area contributed by atoms with E-state index in [-0.39, 0.29) is 23.7 Å². The van der Waals surface area contributed by atoms with Crippen molar-refractivity contribution < 1.29 is 19.4 Å². The number of carbonyl (C=O) groups is 2. The lowest BCUT2D eigenvalue weighted by Crippen LogP contribution is -2.02. The summed E-state index contributed by atoms with van der Waals surface area (Å²) < 4.78 is 4.93. The minimum atomic E-state index is -0.325. The molecule has 0 aliphatic rings. The first-order valence-electron chi connectivity index (χ1n) is 6.86. The van der Waals surface area contributed by atoms with Crippen molar-refractivity contribution in [3.63, 3.8) is 0 Å². The topological polar surface area (TPSA) is 92.3 Å². The lowest BCUT2D eigenvalue weighted by atomic mass is 10.1. The maximum absolute atomic E-state index is 11.7. The molecule has 1 aromatic heterocycles. The zero-order valence-electron chi connectivity index (χ0n) is 12.5. The Kier molecular flexibility index (Phi) is 5.46. The summed E-state index contributed by atoms with van der Waals surface area (Å²) >= 11 is 0. The third-order valence-electron chi connectivity index (χ3n) is 2.96. The van der Waals surface area contributed by atoms with E-state index in [2.05, 4.69) is 9.97 Å². The zero-order valence-corrected chi connectivity index (χ0v) is 12.5. The molecule has 118 valence electrons. The predicted molar refractivity (Wildman–Crippen MR) is 85.9 cm³/mol. The van der Waals surface area contributed by atoms with Crippen LogP contribution in [0.15, 0.2) is 42.7 Å². The number of rotatable bonds is 7. The standard InChI is InChI=1S/C17H16N2O4/c1-23-16-6-3-12(10-15(16)22)2-4-13(20)11-14(21)5-7-17-18-8-9-19-17/h2-10,22H,11H2,1H3,(H,18,19). The van der Waals surface area contributed by atoms with E-state index < -0.39 is 0 Å². The molecule has 0 radical (unpaired) electrons. The predicted octanol–water partition coefficient (Wildman–Crippen LogP) is 2.38. The van der Waals surface area contributed by atoms with Gasteiger partial charge in [0, 0.05) is 12.4 Å². The molecule has 0 spiro atoms. The Bertz CT molecular complexity index is 746. The summed E-state index contributed by atoms with van der Waals surface area (Å²) in [4.78, 5) is 30.2. The molecule has 2 N–H and O–H groups in total. The van der Waals surface area contributed by atoms with Crippen molar-refractivity contribution in [1.29, 1.82) is 0 Å². The van der Waals surface area contributed by atoms with Crippen LogP contribution in [0.2, 0.25) is 0 Å². The van der Waals surface area contributed by atoms with Crippen LogP contribution in [0.1, 0.15) is 17.8 Å². The molecule has 0 unspecified atom stereocenters. The van der Waals surface area contributed by atoms with Gasteiger partial charge in [0.1, 0.15) is 5.82 Å². The number of nitrogens with zero attached hydrogens (tertiary/aromatic N) is 1. The fourth-order valence-corrected chi connectivity index (χ4v) is 1.83. The largest absolute Gasteiger partial charge is 0.504 e. The highest BCUT2D eigenvalue weighted by Crippen LogP contribution is 2.26. The zero-order chi connectivity index (χ0) is 16.7. The van der Waals surface area contributed by atoms with Crippen molar-refractivity contribution in [3.8, 4) is 11.5 Å². The molecule has 0 saturated carbocycles. The first-order chi connectivity index (χ1) is 11.1. The number of nitrogens with one attached hydrogen (secondary N) is 1. The van der Waals surface area contributed by atoms with Crippen LogP contribution < -0.4 is 4.74 Å². The number of allylic oxidation sites excluding steroid dienone is 2. The van der Waals surface area contributed by atoms with Gasteiger partial charge in [0.15, 0.2) is 23.1 Å². The molecule has 23 heavy (non-hydrogen) atoms. The Balaban J connectivity index is 1.91. The van der Waals surface area contributed by atoms with E-state index in [9.17, 15) is 14.7 Å². The van der Waals surface area contributed by atoms with Gasteiger partial charge >= 0.3 is 0 Å². The van der Waals surface area contributed by atoms with E-state index in [0.717, 1.165) is 0 Å². The van der Waals surface area contributed by atoms with E-state index in [4.69, 9.17) is 4.74 Å². The number of phenolic OH excluding ortho intramolecular Hbond substituents is 1. The van der Waals surface area contributed by atoms with Gasteiger partial charge in [-0.15, -0.1) is 0 Å². The summed E-state index contributed by atoms with van der Waals surface area (Å²) in [6.07, 6.45) is 8.65. The molecule has 1 heterocycles. The Morgan fingerprint density at radius 1 is 1.26 bits per heavy atom. The van der Waals surface area contributed by atoms with Crippen molar-refractivity contribution in [1.82, 2.24) is 9.97 Å². The fraction of sp³-hybridized carbons (Fsp3) is 0.118. The number of phenols is 1. The van der Waals surface area contributed by atoms with Crippen LogP contribution in [-0.2, 0) is 9.59 Å².